The predicted molar refractivity (Wildman–Crippen MR) is 32.8 cm³/mol. The molecule has 0 aromatic rings. The first-order chi connectivity index (χ1) is 4.10. The van der Waals surface area contributed by atoms with E-state index >= 15 is 0 Å². The second-order valence-electron chi connectivity index (χ2n) is 2.46. The van der Waals surface area contributed by atoms with E-state index in [1.165, 1.54) is 0 Å². The molecule has 0 aliphatic heterocycles. The molecule has 0 saturated heterocycles. The van der Waals surface area contributed by atoms with E-state index in [0.717, 1.165) is 0 Å². The zero-order valence-corrected chi connectivity index (χ0v) is 5.04. The Balaban J connectivity index is 2.33. The summed E-state index contributed by atoms with van der Waals surface area (Å²) in [5, 5.41) is 8.94. The van der Waals surface area contributed by atoms with Gasteiger partial charge in [0.1, 0.15) is 0 Å². The summed E-state index contributed by atoms with van der Waals surface area (Å²) in [6, 6.07) is 0. The van der Waals surface area contributed by atoms with E-state index in [0.29, 0.717) is 6.54 Å². The van der Waals surface area contributed by atoms with Gasteiger partial charge in [-0.25, -0.2) is 0 Å². The summed E-state index contributed by atoms with van der Waals surface area (Å²) >= 11 is 0. The molecule has 1 saturated carbocycles. The Morgan fingerprint density at radius 1 is 1.56 bits per heavy atom. The zero-order chi connectivity index (χ0) is 7.07. The maximum absolute atomic E-state index is 8.94. The lowest BCUT2D eigenvalue weighted by Crippen LogP contribution is -2.41. The molecule has 8 N–H and O–H groups in total. The number of hydrogen-bond donors (Lipinski definition) is 5. The highest BCUT2D eigenvalue weighted by molar-refractivity contribution is 5.13. The quantitative estimate of drug-likeness (QED) is 0.157. The molecule has 5 nitrogen and oxygen atoms in total. The Morgan fingerprint density at radius 3 is 2.11 bits per heavy atom. The van der Waals surface area contributed by atoms with Crippen LogP contribution in [0, 0.1) is 5.92 Å². The summed E-state index contributed by atoms with van der Waals surface area (Å²) in [5.74, 6) is 4.89. The number of rotatable bonds is 2. The number of aliphatic hydroxyl groups is 1. The summed E-state index contributed by atoms with van der Waals surface area (Å²) in [4.78, 5) is 0. The van der Waals surface area contributed by atoms with Gasteiger partial charge in [0.2, 0.25) is 0 Å². The van der Waals surface area contributed by atoms with Crippen LogP contribution in [0.25, 0.3) is 0 Å². The Kier molecular flexibility index (Phi) is 1.45. The van der Waals surface area contributed by atoms with Gasteiger partial charge >= 0.3 is 0 Å². The van der Waals surface area contributed by atoms with E-state index in [9.17, 15) is 0 Å². The van der Waals surface area contributed by atoms with Crippen molar-refractivity contribution in [1.29, 1.82) is 0 Å². The van der Waals surface area contributed by atoms with Crippen molar-refractivity contribution in [3.05, 3.63) is 0 Å². The molecule has 0 radical (unpaired) electrons. The van der Waals surface area contributed by atoms with Gasteiger partial charge in [0.05, 0.1) is 11.8 Å². The topological polar surface area (TPSA) is 110 Å². The van der Waals surface area contributed by atoms with Gasteiger partial charge in [0, 0.05) is 12.5 Å². The highest BCUT2D eigenvalue weighted by Gasteiger charge is 2.58. The first kappa shape index (κ1) is 6.91. The summed E-state index contributed by atoms with van der Waals surface area (Å²) in [5.41, 5.74) is 12.2. The number of nitrogens with two attached hydrogens (primary N) is 3. The van der Waals surface area contributed by atoms with E-state index in [1.807, 2.05) is 0 Å². The molecule has 0 spiro atoms. The summed E-state index contributed by atoms with van der Waals surface area (Å²) in [6.07, 6.45) is -0.603. The summed E-state index contributed by atoms with van der Waals surface area (Å²) in [6.45, 7) is 0.466. The normalized spacial score (nSPS) is 38.7. The first-order valence-electron chi connectivity index (χ1n) is 2.80. The minimum atomic E-state index is -0.910. The predicted octanol–water partition coefficient (Wildman–Crippen LogP) is -2.95. The fraction of sp³-hybridized carbons (Fsp3) is 1.00. The van der Waals surface area contributed by atoms with Crippen molar-refractivity contribution in [1.82, 2.24) is 5.43 Å². The van der Waals surface area contributed by atoms with Crippen molar-refractivity contribution in [2.24, 2.45) is 23.2 Å². The fourth-order valence-electron chi connectivity index (χ4n) is 0.898. The highest BCUT2D eigenvalue weighted by atomic mass is 16.3. The van der Waals surface area contributed by atoms with Gasteiger partial charge in [-0.15, -0.1) is 0 Å². The molecule has 2 atom stereocenters. The molecule has 1 aliphatic rings. The second-order valence-corrected chi connectivity index (χ2v) is 2.46. The minimum Gasteiger partial charge on any atom is -0.389 e. The van der Waals surface area contributed by atoms with Crippen LogP contribution in [-0.2, 0) is 0 Å². The molecule has 0 bridgehead atoms. The lowest BCUT2D eigenvalue weighted by Gasteiger charge is -1.99. The van der Waals surface area contributed by atoms with Gasteiger partial charge in [-0.3, -0.25) is 11.3 Å². The summed E-state index contributed by atoms with van der Waals surface area (Å²) < 4.78 is 0. The molecule has 1 fully saturated rings. The van der Waals surface area contributed by atoms with Gasteiger partial charge in [-0.05, 0) is 0 Å². The van der Waals surface area contributed by atoms with Crippen molar-refractivity contribution in [2.45, 2.75) is 11.8 Å². The fourth-order valence-corrected chi connectivity index (χ4v) is 0.898. The number of hydrogen-bond acceptors (Lipinski definition) is 5. The largest absolute Gasteiger partial charge is 0.389 e. The third kappa shape index (κ3) is 0.930. The molecule has 54 valence electrons. The summed E-state index contributed by atoms with van der Waals surface area (Å²) in [7, 11) is 0. The van der Waals surface area contributed by atoms with Crippen molar-refractivity contribution < 1.29 is 5.11 Å². The molecule has 0 aromatic heterocycles. The van der Waals surface area contributed by atoms with Crippen LogP contribution in [0.2, 0.25) is 0 Å². The molecule has 1 rings (SSSR count). The van der Waals surface area contributed by atoms with Crippen LogP contribution in [0.5, 0.6) is 0 Å². The van der Waals surface area contributed by atoms with Crippen molar-refractivity contribution in [2.75, 3.05) is 6.54 Å². The van der Waals surface area contributed by atoms with Crippen molar-refractivity contribution >= 4 is 0 Å². The smallest absolute Gasteiger partial charge is 0.0976 e. The molecular formula is C4H12N4O. The Morgan fingerprint density at radius 2 is 2.00 bits per heavy atom. The van der Waals surface area contributed by atoms with E-state index in [1.54, 1.807) is 0 Å². The van der Waals surface area contributed by atoms with Gasteiger partial charge in [0.25, 0.3) is 0 Å². The van der Waals surface area contributed by atoms with Gasteiger partial charge < -0.3 is 16.6 Å². The van der Waals surface area contributed by atoms with Crippen LogP contribution < -0.4 is 22.7 Å². The minimum absolute atomic E-state index is 0.0949. The van der Waals surface area contributed by atoms with Gasteiger partial charge in [-0.2, -0.15) is 0 Å². The average Bonchev–Trinajstić information content (AvgIpc) is 2.19. The maximum atomic E-state index is 8.94. The Bertz CT molecular complexity index is 115. The van der Waals surface area contributed by atoms with Crippen LogP contribution in [0.4, 0.5) is 0 Å². The second kappa shape index (κ2) is 1.89. The molecule has 0 aromatic carbocycles. The van der Waals surface area contributed by atoms with Crippen molar-refractivity contribution in [3.63, 3.8) is 0 Å². The Hall–Kier alpha value is -0.200. The zero-order valence-electron chi connectivity index (χ0n) is 5.04. The first-order valence-corrected chi connectivity index (χ1v) is 2.80. The average molecular weight is 132 g/mol. The SMILES string of the molecule is NNCC1C(O)C1(N)N. The van der Waals surface area contributed by atoms with E-state index in [2.05, 4.69) is 5.43 Å². The molecule has 2 unspecified atom stereocenters. The van der Waals surface area contributed by atoms with E-state index in [4.69, 9.17) is 22.4 Å². The molecule has 9 heavy (non-hydrogen) atoms. The Labute approximate surface area is 53.2 Å². The molecular weight excluding hydrogens is 120 g/mol. The number of aliphatic hydroxyl groups excluding tert-OH is 1. The van der Waals surface area contributed by atoms with Gasteiger partial charge in [-0.1, -0.05) is 0 Å². The molecule has 1 aliphatic carbocycles. The van der Waals surface area contributed by atoms with Crippen LogP contribution in [0.15, 0.2) is 0 Å². The lowest BCUT2D eigenvalue weighted by molar-refractivity contribution is 0.240. The highest BCUT2D eigenvalue weighted by Crippen LogP contribution is 2.35. The van der Waals surface area contributed by atoms with Crippen LogP contribution in [0.3, 0.4) is 0 Å². The van der Waals surface area contributed by atoms with Crippen LogP contribution in [0.1, 0.15) is 0 Å². The van der Waals surface area contributed by atoms with Crippen LogP contribution in [-0.4, -0.2) is 23.4 Å². The standard InChI is InChI=1S/C4H12N4O/c5-4(6)2(1-8-7)3(4)9/h2-3,8-9H,1,5-7H2. The molecule has 0 amide bonds. The third-order valence-corrected chi connectivity index (χ3v) is 1.76. The van der Waals surface area contributed by atoms with E-state index in [-0.39, 0.29) is 5.92 Å². The molecule has 5 heteroatoms. The third-order valence-electron chi connectivity index (χ3n) is 1.76. The van der Waals surface area contributed by atoms with E-state index < -0.39 is 11.8 Å². The number of hydrazine groups is 1. The lowest BCUT2D eigenvalue weighted by atomic mass is 10.4. The number of nitrogens with one attached hydrogen (secondary N) is 1. The van der Waals surface area contributed by atoms with Gasteiger partial charge in [0.15, 0.2) is 0 Å². The maximum Gasteiger partial charge on any atom is 0.0976 e. The van der Waals surface area contributed by atoms with Crippen molar-refractivity contribution in [3.8, 4) is 0 Å². The monoisotopic (exact) mass is 132 g/mol. The molecule has 0 heterocycles. The van der Waals surface area contributed by atoms with Crippen LogP contribution >= 0.6 is 0 Å².